The number of ether oxygens (including phenoxy) is 1. The third kappa shape index (κ3) is 3.17. The minimum absolute atomic E-state index is 0.557. The van der Waals surface area contributed by atoms with Crippen molar-refractivity contribution in [2.45, 2.75) is 13.2 Å². The summed E-state index contributed by atoms with van der Waals surface area (Å²) in [6, 6.07) is 8.19. The van der Waals surface area contributed by atoms with E-state index in [9.17, 15) is 0 Å². The minimum Gasteiger partial charge on any atom is -0.378 e. The van der Waals surface area contributed by atoms with Crippen LogP contribution >= 0.6 is 27.3 Å². The second kappa shape index (κ2) is 6.43. The number of benzene rings is 1. The maximum Gasteiger partial charge on any atom is 0.124 e. The summed E-state index contributed by atoms with van der Waals surface area (Å²) in [4.78, 5) is 5.89. The molecule has 1 aromatic carbocycles. The molecule has 0 aliphatic rings. The molecule has 3 nitrogen and oxygen atoms in total. The summed E-state index contributed by atoms with van der Waals surface area (Å²) >= 11 is 5.20. The van der Waals surface area contributed by atoms with Crippen LogP contribution in [0.5, 0.6) is 0 Å². The molecule has 0 amide bonds. The number of aromatic nitrogens is 1. The highest BCUT2D eigenvalue weighted by molar-refractivity contribution is 9.10. The molecule has 1 N–H and O–H groups in total. The highest BCUT2D eigenvalue weighted by Crippen LogP contribution is 2.30. The second-order valence-corrected chi connectivity index (χ2v) is 5.86. The van der Waals surface area contributed by atoms with E-state index in [0.717, 1.165) is 27.3 Å². The number of hydrogen-bond donors (Lipinski definition) is 1. The Labute approximate surface area is 119 Å². The van der Waals surface area contributed by atoms with Crippen molar-refractivity contribution in [2.24, 2.45) is 0 Å². The monoisotopic (exact) mass is 326 g/mol. The van der Waals surface area contributed by atoms with Gasteiger partial charge in [-0.15, -0.1) is 11.3 Å². The highest BCUT2D eigenvalue weighted by atomic mass is 79.9. The van der Waals surface area contributed by atoms with Gasteiger partial charge < -0.3 is 10.1 Å². The van der Waals surface area contributed by atoms with Gasteiger partial charge in [-0.05, 0) is 19.2 Å². The molecule has 0 fully saturated rings. The van der Waals surface area contributed by atoms with Gasteiger partial charge in [0.1, 0.15) is 5.01 Å². The first-order valence-electron chi connectivity index (χ1n) is 5.62. The Bertz CT molecular complexity index is 504. The molecule has 96 valence electrons. The zero-order chi connectivity index (χ0) is 13.0. The van der Waals surface area contributed by atoms with Crippen molar-refractivity contribution in [1.82, 2.24) is 10.3 Å². The van der Waals surface area contributed by atoms with Crippen LogP contribution in [0.4, 0.5) is 0 Å². The molecule has 2 aromatic rings. The smallest absolute Gasteiger partial charge is 0.124 e. The number of nitrogens with one attached hydrogen (secondary N) is 1. The largest absolute Gasteiger partial charge is 0.378 e. The van der Waals surface area contributed by atoms with Crippen molar-refractivity contribution in [3.8, 4) is 10.6 Å². The molecule has 0 saturated heterocycles. The third-order valence-corrected chi connectivity index (χ3v) is 4.11. The quantitative estimate of drug-likeness (QED) is 0.913. The van der Waals surface area contributed by atoms with Crippen LogP contribution in [0.2, 0.25) is 0 Å². The summed E-state index contributed by atoms with van der Waals surface area (Å²) < 4.78 is 6.26. The predicted molar refractivity (Wildman–Crippen MR) is 78.7 cm³/mol. The maximum atomic E-state index is 5.19. The Hall–Kier alpha value is -0.750. The van der Waals surface area contributed by atoms with Gasteiger partial charge in [0.05, 0.1) is 12.3 Å². The number of thiazole rings is 1. The third-order valence-electron chi connectivity index (χ3n) is 2.47. The summed E-state index contributed by atoms with van der Waals surface area (Å²) in [7, 11) is 3.64. The fourth-order valence-corrected chi connectivity index (χ4v) is 3.15. The molecule has 0 atom stereocenters. The van der Waals surface area contributed by atoms with E-state index in [4.69, 9.17) is 4.74 Å². The van der Waals surface area contributed by atoms with Crippen molar-refractivity contribution in [1.29, 1.82) is 0 Å². The predicted octanol–water partition coefficient (Wildman–Crippen LogP) is 3.44. The first kappa shape index (κ1) is 13.7. The summed E-state index contributed by atoms with van der Waals surface area (Å²) in [5, 5.41) is 4.20. The molecule has 1 heterocycles. The maximum absolute atomic E-state index is 5.19. The van der Waals surface area contributed by atoms with E-state index in [1.807, 2.05) is 19.2 Å². The molecule has 0 saturated carbocycles. The lowest BCUT2D eigenvalue weighted by atomic mass is 10.2. The van der Waals surface area contributed by atoms with E-state index in [1.165, 1.54) is 4.88 Å². The lowest BCUT2D eigenvalue weighted by Crippen LogP contribution is -2.06. The zero-order valence-electron chi connectivity index (χ0n) is 10.4. The van der Waals surface area contributed by atoms with Crippen molar-refractivity contribution >= 4 is 27.3 Å². The van der Waals surface area contributed by atoms with Crippen LogP contribution in [0.3, 0.4) is 0 Å². The molecular weight excluding hydrogens is 312 g/mol. The van der Waals surface area contributed by atoms with Crippen molar-refractivity contribution in [3.05, 3.63) is 39.3 Å². The molecule has 5 heteroatoms. The van der Waals surface area contributed by atoms with Gasteiger partial charge in [-0.25, -0.2) is 4.98 Å². The van der Waals surface area contributed by atoms with Crippen LogP contribution < -0.4 is 5.32 Å². The standard InChI is InChI=1S/C13H15BrN2OS/c1-15-7-12-11(8-17-2)16-13(18-12)9-4-3-5-10(14)6-9/h3-6,15H,7-8H2,1-2H3. The van der Waals surface area contributed by atoms with Crippen LogP contribution in [-0.4, -0.2) is 19.1 Å². The van der Waals surface area contributed by atoms with Gasteiger partial charge in [0.15, 0.2) is 0 Å². The van der Waals surface area contributed by atoms with Gasteiger partial charge in [-0.1, -0.05) is 28.1 Å². The van der Waals surface area contributed by atoms with Crippen molar-refractivity contribution < 1.29 is 4.74 Å². The SMILES string of the molecule is CNCc1sc(-c2cccc(Br)c2)nc1COC. The first-order valence-corrected chi connectivity index (χ1v) is 7.23. The number of halogens is 1. The summed E-state index contributed by atoms with van der Waals surface area (Å²) in [5.74, 6) is 0. The lowest BCUT2D eigenvalue weighted by Gasteiger charge is -1.98. The molecule has 0 spiro atoms. The van der Waals surface area contributed by atoms with Crippen molar-refractivity contribution in [2.75, 3.05) is 14.2 Å². The molecule has 18 heavy (non-hydrogen) atoms. The summed E-state index contributed by atoms with van der Waals surface area (Å²) in [5.41, 5.74) is 2.15. The lowest BCUT2D eigenvalue weighted by molar-refractivity contribution is 0.181. The fourth-order valence-electron chi connectivity index (χ4n) is 1.68. The van der Waals surface area contributed by atoms with Crippen LogP contribution in [0.1, 0.15) is 10.6 Å². The van der Waals surface area contributed by atoms with E-state index in [0.29, 0.717) is 6.61 Å². The van der Waals surface area contributed by atoms with E-state index in [2.05, 4.69) is 38.4 Å². The number of nitrogens with zero attached hydrogens (tertiary/aromatic N) is 1. The normalized spacial score (nSPS) is 10.8. The Morgan fingerprint density at radius 3 is 2.94 bits per heavy atom. The average molecular weight is 327 g/mol. The van der Waals surface area contributed by atoms with Crippen LogP contribution in [-0.2, 0) is 17.9 Å². The zero-order valence-corrected chi connectivity index (χ0v) is 12.8. The molecule has 1 aromatic heterocycles. The number of rotatable bonds is 5. The average Bonchev–Trinajstić information content (AvgIpc) is 2.74. The van der Waals surface area contributed by atoms with E-state index < -0.39 is 0 Å². The van der Waals surface area contributed by atoms with Crippen LogP contribution in [0, 0.1) is 0 Å². The van der Waals surface area contributed by atoms with Gasteiger partial charge in [-0.2, -0.15) is 0 Å². The van der Waals surface area contributed by atoms with Gasteiger partial charge in [-0.3, -0.25) is 0 Å². The Morgan fingerprint density at radius 2 is 2.28 bits per heavy atom. The fraction of sp³-hybridized carbons (Fsp3) is 0.308. The highest BCUT2D eigenvalue weighted by Gasteiger charge is 2.11. The van der Waals surface area contributed by atoms with Crippen LogP contribution in [0.15, 0.2) is 28.7 Å². The number of hydrogen-bond acceptors (Lipinski definition) is 4. The molecule has 2 rings (SSSR count). The molecule has 0 aliphatic heterocycles. The molecule has 0 aliphatic carbocycles. The van der Waals surface area contributed by atoms with Gasteiger partial charge >= 0.3 is 0 Å². The van der Waals surface area contributed by atoms with E-state index in [1.54, 1.807) is 18.4 Å². The van der Waals surface area contributed by atoms with Gasteiger partial charge in [0.25, 0.3) is 0 Å². The Kier molecular flexibility index (Phi) is 4.88. The number of methoxy groups -OCH3 is 1. The molecular formula is C13H15BrN2OS. The minimum atomic E-state index is 0.557. The van der Waals surface area contributed by atoms with Crippen molar-refractivity contribution in [3.63, 3.8) is 0 Å². The first-order chi connectivity index (χ1) is 8.74. The summed E-state index contributed by atoms with van der Waals surface area (Å²) in [6.07, 6.45) is 0. The van der Waals surface area contributed by atoms with E-state index in [-0.39, 0.29) is 0 Å². The van der Waals surface area contributed by atoms with E-state index >= 15 is 0 Å². The van der Waals surface area contributed by atoms with Gasteiger partial charge in [0.2, 0.25) is 0 Å². The second-order valence-electron chi connectivity index (χ2n) is 3.86. The Morgan fingerprint density at radius 1 is 1.44 bits per heavy atom. The summed E-state index contributed by atoms with van der Waals surface area (Å²) in [6.45, 7) is 1.38. The molecule has 0 unspecified atom stereocenters. The molecule has 0 bridgehead atoms. The van der Waals surface area contributed by atoms with Crippen LogP contribution in [0.25, 0.3) is 10.6 Å². The Balaban J connectivity index is 2.36. The topological polar surface area (TPSA) is 34.2 Å². The van der Waals surface area contributed by atoms with Gasteiger partial charge in [0, 0.05) is 28.6 Å². The molecule has 0 radical (unpaired) electrons.